The van der Waals surface area contributed by atoms with E-state index in [0.29, 0.717) is 42.1 Å². The number of amides is 1. The van der Waals surface area contributed by atoms with E-state index in [-0.39, 0.29) is 17.7 Å². The summed E-state index contributed by atoms with van der Waals surface area (Å²) < 4.78 is 56.2. The Kier molecular flexibility index (Phi) is 8.07. The van der Waals surface area contributed by atoms with E-state index in [4.69, 9.17) is 14.2 Å². The maximum atomic E-state index is 14.6. The lowest BCUT2D eigenvalue weighted by Gasteiger charge is -2.14. The minimum atomic E-state index is -3.77. The number of carbonyl (C=O) groups is 2. The number of nitrogens with one attached hydrogen (secondary N) is 1. The van der Waals surface area contributed by atoms with Crippen LogP contribution >= 0.6 is 0 Å². The van der Waals surface area contributed by atoms with Crippen LogP contribution in [-0.2, 0) is 21.4 Å². The molecule has 0 radical (unpaired) electrons. The number of hydrogen-bond acceptors (Lipinski definition) is 7. The lowest BCUT2D eigenvalue weighted by molar-refractivity contribution is 0.0481. The number of benzene rings is 3. The number of carbonyl (C=O) groups excluding carboxylic acids is 2. The van der Waals surface area contributed by atoms with Crippen LogP contribution in [0.5, 0.6) is 11.5 Å². The van der Waals surface area contributed by atoms with Crippen molar-refractivity contribution < 1.29 is 36.6 Å². The maximum absolute atomic E-state index is 14.6. The zero-order chi connectivity index (χ0) is 28.3. The summed E-state index contributed by atoms with van der Waals surface area (Å²) in [4.78, 5) is 24.9. The summed E-state index contributed by atoms with van der Waals surface area (Å²) in [7, 11) is -3.77. The van der Waals surface area contributed by atoms with Crippen LogP contribution in [0.3, 0.4) is 0 Å². The number of ether oxygens (including phenoxy) is 3. The van der Waals surface area contributed by atoms with Crippen LogP contribution < -0.4 is 14.2 Å². The van der Waals surface area contributed by atoms with E-state index >= 15 is 0 Å². The normalized spacial score (nSPS) is 14.8. The molecule has 0 heterocycles. The van der Waals surface area contributed by atoms with Gasteiger partial charge in [0.05, 0.1) is 19.5 Å². The second-order valence-corrected chi connectivity index (χ2v) is 12.1. The minimum absolute atomic E-state index is 0.115. The largest absolute Gasteiger partial charge is 0.492 e. The van der Waals surface area contributed by atoms with E-state index in [1.165, 1.54) is 12.1 Å². The van der Waals surface area contributed by atoms with Crippen LogP contribution in [0.2, 0.25) is 0 Å². The predicted molar refractivity (Wildman–Crippen MR) is 146 cm³/mol. The number of hydrogen-bond donors (Lipinski definition) is 1. The predicted octanol–water partition coefficient (Wildman–Crippen LogP) is 5.12. The Morgan fingerprint density at radius 2 is 1.62 bits per heavy atom. The zero-order valence-electron chi connectivity index (χ0n) is 22.0. The summed E-state index contributed by atoms with van der Waals surface area (Å²) in [5.74, 6) is -0.0569. The summed E-state index contributed by atoms with van der Waals surface area (Å²) in [5.41, 5.74) is 2.02. The second-order valence-electron chi connectivity index (χ2n) is 10.3. The zero-order valence-corrected chi connectivity index (χ0v) is 22.8. The van der Waals surface area contributed by atoms with Crippen LogP contribution in [0.4, 0.5) is 4.39 Å². The lowest BCUT2D eigenvalue weighted by atomic mass is 10.0. The van der Waals surface area contributed by atoms with Gasteiger partial charge in [0.15, 0.2) is 0 Å². The number of esters is 1. The molecule has 1 N–H and O–H groups in total. The maximum Gasteiger partial charge on any atom is 0.341 e. The molecule has 5 rings (SSSR count). The quantitative estimate of drug-likeness (QED) is 0.303. The van der Waals surface area contributed by atoms with Gasteiger partial charge in [0.2, 0.25) is 10.0 Å². The molecule has 3 aromatic carbocycles. The van der Waals surface area contributed by atoms with Gasteiger partial charge in [0.25, 0.3) is 5.91 Å². The molecule has 40 heavy (non-hydrogen) atoms. The van der Waals surface area contributed by atoms with E-state index in [1.807, 2.05) is 12.1 Å². The van der Waals surface area contributed by atoms with E-state index in [1.54, 1.807) is 35.1 Å². The molecule has 0 atom stereocenters. The highest BCUT2D eigenvalue weighted by atomic mass is 32.2. The van der Waals surface area contributed by atoms with Gasteiger partial charge in [-0.2, -0.15) is 0 Å². The molecule has 8 nitrogen and oxygen atoms in total. The molecule has 0 unspecified atom stereocenters. The molecule has 2 fully saturated rings. The van der Waals surface area contributed by atoms with Crippen molar-refractivity contribution in [1.29, 1.82) is 0 Å². The molecule has 210 valence electrons. The molecule has 2 saturated carbocycles. The van der Waals surface area contributed by atoms with Crippen molar-refractivity contribution >= 4 is 21.9 Å². The van der Waals surface area contributed by atoms with Gasteiger partial charge in [-0.3, -0.25) is 4.79 Å². The number of rotatable bonds is 12. The average Bonchev–Trinajstić information content (AvgIpc) is 3.85. The smallest absolute Gasteiger partial charge is 0.341 e. The Balaban J connectivity index is 1.29. The van der Waals surface area contributed by atoms with E-state index in [9.17, 15) is 22.4 Å². The Morgan fingerprint density at radius 3 is 2.33 bits per heavy atom. The van der Waals surface area contributed by atoms with E-state index in [0.717, 1.165) is 49.1 Å². The standard InChI is InChI=1S/C30H30FNO7S/c1-40(35,36)32-29(33)23-9-10-24(27(31)15-23)18-37-25-4-2-3-21(13-25)22-11-12-28(38-16-19-5-6-19)26(14-22)30(34)39-17-20-7-8-20/h2-4,9-15,19-20H,5-8,16-18H2,1H3,(H,32,33). The highest BCUT2D eigenvalue weighted by molar-refractivity contribution is 7.89. The van der Waals surface area contributed by atoms with Crippen LogP contribution in [0, 0.1) is 17.7 Å². The van der Waals surface area contributed by atoms with Crippen LogP contribution in [0.1, 0.15) is 52.0 Å². The van der Waals surface area contributed by atoms with Gasteiger partial charge in [0, 0.05) is 11.1 Å². The van der Waals surface area contributed by atoms with Gasteiger partial charge in [-0.05, 0) is 85.0 Å². The van der Waals surface area contributed by atoms with E-state index < -0.39 is 27.7 Å². The summed E-state index contributed by atoms with van der Waals surface area (Å²) in [6.07, 6.45) is 5.28. The van der Waals surface area contributed by atoms with Crippen LogP contribution in [0.15, 0.2) is 60.7 Å². The highest BCUT2D eigenvalue weighted by Crippen LogP contribution is 2.34. The fraction of sp³-hybridized carbons (Fsp3) is 0.333. The first-order valence-electron chi connectivity index (χ1n) is 13.1. The molecule has 0 spiro atoms. The Hall–Kier alpha value is -3.92. The third kappa shape index (κ3) is 7.59. The van der Waals surface area contributed by atoms with Gasteiger partial charge in [-0.15, -0.1) is 0 Å². The van der Waals surface area contributed by atoms with Gasteiger partial charge in [0.1, 0.15) is 29.5 Å². The molecular formula is C30H30FNO7S. The molecular weight excluding hydrogens is 537 g/mol. The Labute approximate surface area is 232 Å². The van der Waals surface area contributed by atoms with Crippen molar-refractivity contribution in [2.45, 2.75) is 32.3 Å². The molecule has 1 amide bonds. The van der Waals surface area contributed by atoms with Crippen LogP contribution in [-0.4, -0.2) is 39.8 Å². The number of halogens is 1. The third-order valence-corrected chi connectivity index (χ3v) is 7.23. The van der Waals surface area contributed by atoms with Gasteiger partial charge in [-0.25, -0.2) is 22.3 Å². The minimum Gasteiger partial charge on any atom is -0.492 e. The first-order chi connectivity index (χ1) is 19.1. The SMILES string of the molecule is CS(=O)(=O)NC(=O)c1ccc(COc2cccc(-c3ccc(OCC4CC4)c(C(=O)OCC4CC4)c3)c2)c(F)c1. The van der Waals surface area contributed by atoms with Crippen molar-refractivity contribution in [1.82, 2.24) is 4.72 Å². The molecule has 2 aliphatic carbocycles. The van der Waals surface area contributed by atoms with Crippen molar-refractivity contribution in [3.05, 3.63) is 83.2 Å². The molecule has 0 saturated heterocycles. The molecule has 0 aliphatic heterocycles. The van der Waals surface area contributed by atoms with Crippen molar-refractivity contribution in [2.24, 2.45) is 11.8 Å². The number of sulfonamides is 1. The summed E-state index contributed by atoms with van der Waals surface area (Å²) >= 11 is 0. The monoisotopic (exact) mass is 567 g/mol. The third-order valence-electron chi connectivity index (χ3n) is 6.67. The first kappa shape index (κ1) is 27.6. The molecule has 0 aromatic heterocycles. The topological polar surface area (TPSA) is 108 Å². The van der Waals surface area contributed by atoms with Gasteiger partial charge in [-0.1, -0.05) is 24.3 Å². The fourth-order valence-corrected chi connectivity index (χ4v) is 4.46. The Morgan fingerprint density at radius 1 is 0.900 bits per heavy atom. The Bertz CT molecular complexity index is 1530. The van der Waals surface area contributed by atoms with Crippen molar-refractivity contribution in [3.63, 3.8) is 0 Å². The molecule has 0 bridgehead atoms. The highest BCUT2D eigenvalue weighted by Gasteiger charge is 2.26. The van der Waals surface area contributed by atoms with Crippen molar-refractivity contribution in [3.8, 4) is 22.6 Å². The first-order valence-corrected chi connectivity index (χ1v) is 15.0. The lowest BCUT2D eigenvalue weighted by Crippen LogP contribution is -2.29. The van der Waals surface area contributed by atoms with E-state index in [2.05, 4.69) is 0 Å². The fourth-order valence-electron chi connectivity index (χ4n) is 4.00. The summed E-state index contributed by atoms with van der Waals surface area (Å²) in [6, 6.07) is 16.3. The van der Waals surface area contributed by atoms with Crippen molar-refractivity contribution in [2.75, 3.05) is 19.5 Å². The summed E-state index contributed by atoms with van der Waals surface area (Å²) in [6.45, 7) is 0.871. The molecule has 3 aromatic rings. The van der Waals surface area contributed by atoms with Crippen LogP contribution in [0.25, 0.3) is 11.1 Å². The second kappa shape index (κ2) is 11.7. The molecule has 10 heteroatoms. The molecule has 2 aliphatic rings. The van der Waals surface area contributed by atoms with Gasteiger partial charge < -0.3 is 14.2 Å². The van der Waals surface area contributed by atoms with Gasteiger partial charge >= 0.3 is 5.97 Å². The average molecular weight is 568 g/mol. The summed E-state index contributed by atoms with van der Waals surface area (Å²) in [5, 5.41) is 0.